The van der Waals surface area contributed by atoms with Gasteiger partial charge in [0.1, 0.15) is 13.2 Å². The number of ether oxygens (including phenoxy) is 2. The van der Waals surface area contributed by atoms with Gasteiger partial charge in [-0.15, -0.1) is 0 Å². The van der Waals surface area contributed by atoms with Crippen LogP contribution in [-0.4, -0.2) is 59.2 Å². The van der Waals surface area contributed by atoms with Gasteiger partial charge >= 0.3 is 5.92 Å². The van der Waals surface area contributed by atoms with Crippen LogP contribution in [0.4, 0.5) is 8.78 Å². The van der Waals surface area contributed by atoms with Crippen molar-refractivity contribution in [3.63, 3.8) is 0 Å². The van der Waals surface area contributed by atoms with Crippen molar-refractivity contribution in [3.8, 4) is 22.8 Å². The molecule has 1 amide bonds. The summed E-state index contributed by atoms with van der Waals surface area (Å²) in [5.41, 5.74) is 1.01. The maximum Gasteiger partial charge on any atom is 0.324 e. The zero-order valence-corrected chi connectivity index (χ0v) is 21.9. The molecule has 1 fully saturated rings. The van der Waals surface area contributed by atoms with Crippen molar-refractivity contribution in [2.45, 2.75) is 50.3 Å². The molecule has 0 radical (unpaired) electrons. The highest BCUT2D eigenvalue weighted by molar-refractivity contribution is 5.83. The van der Waals surface area contributed by atoms with Crippen molar-refractivity contribution in [1.82, 2.24) is 15.2 Å². The maximum atomic E-state index is 15.1. The molecule has 0 aliphatic carbocycles. The van der Waals surface area contributed by atoms with E-state index < -0.39 is 30.0 Å². The Balaban J connectivity index is 1.30. The summed E-state index contributed by atoms with van der Waals surface area (Å²) in [6.07, 6.45) is 2.75. The number of nitrogens with zero attached hydrogens (tertiary/aromatic N) is 2. The predicted octanol–water partition coefficient (Wildman–Crippen LogP) is 4.53. The van der Waals surface area contributed by atoms with E-state index in [1.165, 1.54) is 0 Å². The van der Waals surface area contributed by atoms with Crippen LogP contribution in [0.15, 0.2) is 66.9 Å². The first kappa shape index (κ1) is 27.0. The fraction of sp³-hybridized carbons (Fsp3) is 0.400. The summed E-state index contributed by atoms with van der Waals surface area (Å²) in [5, 5.41) is 14.4. The van der Waals surface area contributed by atoms with Crippen LogP contribution < -0.4 is 14.8 Å². The van der Waals surface area contributed by atoms with Crippen LogP contribution >= 0.6 is 0 Å². The Labute approximate surface area is 226 Å². The number of amides is 1. The summed E-state index contributed by atoms with van der Waals surface area (Å²) in [7, 11) is 0. The minimum Gasteiger partial charge on any atom is -0.486 e. The SMILES string of the molecule is C[C@@H](NC(=O)C(F)(F)CCc1cccc(-c2ccccn2)c1)[C@](O)(c1ccc2c(c1)OCCO2)N1CCCC1. The number of aryl methyl sites for hydroxylation is 1. The van der Waals surface area contributed by atoms with E-state index in [-0.39, 0.29) is 6.42 Å². The van der Waals surface area contributed by atoms with E-state index in [0.29, 0.717) is 48.9 Å². The lowest BCUT2D eigenvalue weighted by Crippen LogP contribution is -2.60. The van der Waals surface area contributed by atoms with E-state index in [0.717, 1.165) is 24.1 Å². The molecule has 206 valence electrons. The Morgan fingerprint density at radius 1 is 1.05 bits per heavy atom. The van der Waals surface area contributed by atoms with Gasteiger partial charge < -0.3 is 19.9 Å². The molecule has 0 saturated carbocycles. The van der Waals surface area contributed by atoms with Gasteiger partial charge in [-0.1, -0.05) is 30.3 Å². The lowest BCUT2D eigenvalue weighted by Gasteiger charge is -2.43. The normalized spacial score (nSPS) is 17.8. The fourth-order valence-electron chi connectivity index (χ4n) is 5.27. The molecule has 3 heterocycles. The monoisotopic (exact) mass is 537 g/mol. The highest BCUT2D eigenvalue weighted by Gasteiger charge is 2.47. The third-order valence-electron chi connectivity index (χ3n) is 7.45. The molecular formula is C30H33F2N3O4. The van der Waals surface area contributed by atoms with E-state index in [9.17, 15) is 9.90 Å². The van der Waals surface area contributed by atoms with Gasteiger partial charge in [0.2, 0.25) is 0 Å². The molecule has 0 unspecified atom stereocenters. The summed E-state index contributed by atoms with van der Waals surface area (Å²) < 4.78 is 41.5. The van der Waals surface area contributed by atoms with E-state index in [4.69, 9.17) is 9.47 Å². The second-order valence-corrected chi connectivity index (χ2v) is 10.1. The molecule has 2 N–H and O–H groups in total. The van der Waals surface area contributed by atoms with Crippen LogP contribution in [0.3, 0.4) is 0 Å². The minimum atomic E-state index is -3.63. The van der Waals surface area contributed by atoms with Crippen LogP contribution in [0.1, 0.15) is 37.3 Å². The Morgan fingerprint density at radius 3 is 2.56 bits per heavy atom. The predicted molar refractivity (Wildman–Crippen MR) is 143 cm³/mol. The van der Waals surface area contributed by atoms with Crippen molar-refractivity contribution in [2.75, 3.05) is 26.3 Å². The summed E-state index contributed by atoms with van der Waals surface area (Å²) >= 11 is 0. The van der Waals surface area contributed by atoms with Gasteiger partial charge in [0.25, 0.3) is 5.91 Å². The zero-order valence-electron chi connectivity index (χ0n) is 21.9. The molecule has 2 aliphatic heterocycles. The van der Waals surface area contributed by atoms with E-state index in [2.05, 4.69) is 10.3 Å². The molecule has 2 aliphatic rings. The number of fused-ring (bicyclic) bond motifs is 1. The van der Waals surface area contributed by atoms with Gasteiger partial charge in [-0.3, -0.25) is 14.7 Å². The average molecular weight is 538 g/mol. The second-order valence-electron chi connectivity index (χ2n) is 10.1. The largest absolute Gasteiger partial charge is 0.486 e. The number of carbonyl (C=O) groups is 1. The number of halogens is 2. The number of rotatable bonds is 9. The molecule has 1 aromatic heterocycles. The third kappa shape index (κ3) is 5.74. The molecule has 9 heteroatoms. The van der Waals surface area contributed by atoms with Crippen molar-refractivity contribution in [1.29, 1.82) is 0 Å². The topological polar surface area (TPSA) is 83.9 Å². The summed E-state index contributed by atoms with van der Waals surface area (Å²) in [4.78, 5) is 19.0. The minimum absolute atomic E-state index is 0.00796. The Kier molecular flexibility index (Phi) is 7.81. The fourth-order valence-corrected chi connectivity index (χ4v) is 5.27. The zero-order chi connectivity index (χ0) is 27.5. The number of alkyl halides is 2. The lowest BCUT2D eigenvalue weighted by atomic mass is 9.93. The number of benzene rings is 2. The van der Waals surface area contributed by atoms with Crippen LogP contribution in [0, 0.1) is 0 Å². The van der Waals surface area contributed by atoms with Crippen LogP contribution in [0.2, 0.25) is 0 Å². The van der Waals surface area contributed by atoms with Gasteiger partial charge in [0.15, 0.2) is 17.2 Å². The number of hydrogen-bond acceptors (Lipinski definition) is 6. The molecule has 5 rings (SSSR count). The summed E-state index contributed by atoms with van der Waals surface area (Å²) in [5.74, 6) is -4.00. The molecule has 3 aromatic rings. The molecule has 0 bridgehead atoms. The van der Waals surface area contributed by atoms with Crippen molar-refractivity contribution in [2.24, 2.45) is 0 Å². The number of aliphatic hydroxyl groups is 1. The van der Waals surface area contributed by atoms with Gasteiger partial charge in [-0.25, -0.2) is 0 Å². The molecule has 2 atom stereocenters. The highest BCUT2D eigenvalue weighted by atomic mass is 19.3. The molecule has 0 spiro atoms. The molecule has 7 nitrogen and oxygen atoms in total. The molecule has 2 aromatic carbocycles. The summed E-state index contributed by atoms with van der Waals surface area (Å²) in [6.45, 7) is 3.52. The van der Waals surface area contributed by atoms with E-state index >= 15 is 8.78 Å². The van der Waals surface area contributed by atoms with Crippen molar-refractivity contribution >= 4 is 5.91 Å². The first-order valence-corrected chi connectivity index (χ1v) is 13.3. The van der Waals surface area contributed by atoms with Gasteiger partial charge in [-0.05, 0) is 62.1 Å². The number of nitrogens with one attached hydrogen (secondary N) is 1. The Hall–Kier alpha value is -3.56. The second kappa shape index (κ2) is 11.3. The standard InChI is InChI=1S/C30H33F2N3O4/c1-21(30(37,35-15-4-5-16-35)24-10-11-26-27(20-24)39-18-17-38-26)34-28(36)29(31,32)13-12-22-7-6-8-23(19-22)25-9-2-3-14-33-25/h2-3,6-11,14,19-21,37H,4-5,12-13,15-18H2,1H3,(H,34,36)/t21-,30+/m1/s1. The number of aromatic nitrogens is 1. The highest BCUT2D eigenvalue weighted by Crippen LogP contribution is 2.39. The number of likely N-dealkylation sites (tertiary alicyclic amines) is 1. The van der Waals surface area contributed by atoms with Crippen LogP contribution in [0.5, 0.6) is 11.5 Å². The molecular weight excluding hydrogens is 504 g/mol. The number of carbonyl (C=O) groups excluding carboxylic acids is 1. The van der Waals surface area contributed by atoms with E-state index in [1.54, 1.807) is 43.5 Å². The van der Waals surface area contributed by atoms with Crippen LogP contribution in [-0.2, 0) is 16.9 Å². The number of hydrogen-bond donors (Lipinski definition) is 2. The number of pyridine rings is 1. The lowest BCUT2D eigenvalue weighted by molar-refractivity contribution is -0.159. The first-order chi connectivity index (χ1) is 18.8. The first-order valence-electron chi connectivity index (χ1n) is 13.3. The van der Waals surface area contributed by atoms with Crippen molar-refractivity contribution < 1.29 is 28.2 Å². The maximum absolute atomic E-state index is 15.1. The molecule has 1 saturated heterocycles. The van der Waals surface area contributed by atoms with Crippen LogP contribution in [0.25, 0.3) is 11.3 Å². The van der Waals surface area contributed by atoms with E-state index in [1.807, 2.05) is 35.2 Å². The summed E-state index contributed by atoms with van der Waals surface area (Å²) in [6, 6.07) is 16.8. The van der Waals surface area contributed by atoms with Gasteiger partial charge in [0.05, 0.1) is 11.7 Å². The van der Waals surface area contributed by atoms with Gasteiger partial charge in [0, 0.05) is 36.8 Å². The average Bonchev–Trinajstić information content (AvgIpc) is 3.52. The smallest absolute Gasteiger partial charge is 0.324 e. The van der Waals surface area contributed by atoms with Gasteiger partial charge in [-0.2, -0.15) is 8.78 Å². The quantitative estimate of drug-likeness (QED) is 0.417. The molecule has 39 heavy (non-hydrogen) atoms. The van der Waals surface area contributed by atoms with Crippen molar-refractivity contribution in [3.05, 3.63) is 78.0 Å². The Bertz CT molecular complexity index is 1300. The third-order valence-corrected chi connectivity index (χ3v) is 7.45. The Morgan fingerprint density at radius 2 is 1.82 bits per heavy atom.